The Labute approximate surface area is 121 Å². The van der Waals surface area contributed by atoms with Crippen molar-refractivity contribution >= 4 is 5.91 Å². The van der Waals surface area contributed by atoms with Crippen molar-refractivity contribution in [2.75, 3.05) is 6.79 Å². The third-order valence-electron chi connectivity index (χ3n) is 3.28. The molecule has 0 saturated heterocycles. The monoisotopic (exact) mass is 288 g/mol. The van der Waals surface area contributed by atoms with Crippen LogP contribution in [0.1, 0.15) is 12.5 Å². The number of hydrogen-bond donors (Lipinski definition) is 1. The Morgan fingerprint density at radius 2 is 2.29 bits per heavy atom. The molecule has 1 unspecified atom stereocenters. The van der Waals surface area contributed by atoms with E-state index in [1.165, 1.54) is 6.33 Å². The first kappa shape index (κ1) is 13.4. The molecule has 110 valence electrons. The van der Waals surface area contributed by atoms with Crippen LogP contribution in [0.2, 0.25) is 0 Å². The molecule has 1 atom stereocenters. The van der Waals surface area contributed by atoms with E-state index in [-0.39, 0.29) is 18.6 Å². The fraction of sp³-hybridized carbons (Fsp3) is 0.357. The lowest BCUT2D eigenvalue weighted by atomic mass is 10.1. The van der Waals surface area contributed by atoms with Gasteiger partial charge in [-0.25, -0.2) is 4.98 Å². The number of benzene rings is 1. The van der Waals surface area contributed by atoms with Gasteiger partial charge in [0, 0.05) is 6.54 Å². The molecule has 1 aromatic carbocycles. The van der Waals surface area contributed by atoms with Gasteiger partial charge >= 0.3 is 0 Å². The molecule has 0 aliphatic carbocycles. The first-order valence-corrected chi connectivity index (χ1v) is 6.71. The second-order valence-corrected chi connectivity index (χ2v) is 4.92. The summed E-state index contributed by atoms with van der Waals surface area (Å²) in [5.41, 5.74) is 0.973. The predicted molar refractivity (Wildman–Crippen MR) is 73.6 cm³/mol. The Balaban J connectivity index is 1.53. The third kappa shape index (κ3) is 3.13. The topological polar surface area (TPSA) is 78.3 Å². The van der Waals surface area contributed by atoms with Crippen LogP contribution in [0, 0.1) is 5.92 Å². The van der Waals surface area contributed by atoms with Crippen molar-refractivity contribution in [1.82, 2.24) is 20.1 Å². The maximum atomic E-state index is 12.0. The van der Waals surface area contributed by atoms with Gasteiger partial charge in [-0.3, -0.25) is 9.48 Å². The van der Waals surface area contributed by atoms with Gasteiger partial charge in [-0.2, -0.15) is 5.10 Å². The molecule has 0 bridgehead atoms. The van der Waals surface area contributed by atoms with Gasteiger partial charge in [-0.1, -0.05) is 13.0 Å². The number of amides is 1. The molecule has 21 heavy (non-hydrogen) atoms. The van der Waals surface area contributed by atoms with Crippen molar-refractivity contribution in [2.24, 2.45) is 5.92 Å². The largest absolute Gasteiger partial charge is 0.454 e. The van der Waals surface area contributed by atoms with E-state index < -0.39 is 0 Å². The summed E-state index contributed by atoms with van der Waals surface area (Å²) in [5.74, 6) is 1.26. The number of hydrogen-bond acceptors (Lipinski definition) is 5. The van der Waals surface area contributed by atoms with Gasteiger partial charge in [-0.15, -0.1) is 0 Å². The van der Waals surface area contributed by atoms with Crippen LogP contribution in [0.3, 0.4) is 0 Å². The standard InChI is InChI=1S/C14H16N4O3/c1-10(6-18-8-15-7-17-18)14(19)16-5-11-2-3-12-13(4-11)21-9-20-12/h2-4,7-8,10H,5-6,9H2,1H3,(H,16,19). The quantitative estimate of drug-likeness (QED) is 0.886. The van der Waals surface area contributed by atoms with Crippen molar-refractivity contribution in [2.45, 2.75) is 20.0 Å². The lowest BCUT2D eigenvalue weighted by Crippen LogP contribution is -2.31. The van der Waals surface area contributed by atoms with Crippen molar-refractivity contribution in [3.63, 3.8) is 0 Å². The van der Waals surface area contributed by atoms with Gasteiger partial charge in [0.2, 0.25) is 12.7 Å². The Hall–Kier alpha value is -2.57. The highest BCUT2D eigenvalue weighted by atomic mass is 16.7. The average Bonchev–Trinajstić information content (AvgIpc) is 3.14. The molecule has 1 aliphatic heterocycles. The zero-order chi connectivity index (χ0) is 14.7. The van der Waals surface area contributed by atoms with Crippen LogP contribution in [-0.4, -0.2) is 27.5 Å². The molecule has 1 N–H and O–H groups in total. The number of ether oxygens (including phenoxy) is 2. The van der Waals surface area contributed by atoms with Crippen LogP contribution >= 0.6 is 0 Å². The molecular formula is C14H16N4O3. The second kappa shape index (κ2) is 5.82. The first-order chi connectivity index (χ1) is 10.2. The smallest absolute Gasteiger partial charge is 0.231 e. The van der Waals surface area contributed by atoms with E-state index in [0.29, 0.717) is 13.1 Å². The zero-order valence-electron chi connectivity index (χ0n) is 11.7. The van der Waals surface area contributed by atoms with E-state index >= 15 is 0 Å². The fourth-order valence-corrected chi connectivity index (χ4v) is 2.10. The van der Waals surface area contributed by atoms with Crippen molar-refractivity contribution in [3.05, 3.63) is 36.4 Å². The Kier molecular flexibility index (Phi) is 3.72. The molecule has 7 nitrogen and oxygen atoms in total. The SMILES string of the molecule is CC(Cn1cncn1)C(=O)NCc1ccc2c(c1)OCO2. The minimum atomic E-state index is -0.180. The Bertz CT molecular complexity index is 627. The molecule has 1 aromatic heterocycles. The summed E-state index contributed by atoms with van der Waals surface area (Å²) in [6, 6.07) is 5.64. The Morgan fingerprint density at radius 3 is 3.10 bits per heavy atom. The molecule has 3 rings (SSSR count). The highest BCUT2D eigenvalue weighted by molar-refractivity contribution is 5.78. The highest BCUT2D eigenvalue weighted by Crippen LogP contribution is 2.32. The number of rotatable bonds is 5. The molecule has 0 fully saturated rings. The molecule has 0 radical (unpaired) electrons. The van der Waals surface area contributed by atoms with Gasteiger partial charge in [0.25, 0.3) is 0 Å². The van der Waals surface area contributed by atoms with Gasteiger partial charge in [-0.05, 0) is 17.7 Å². The highest BCUT2D eigenvalue weighted by Gasteiger charge is 2.16. The summed E-state index contributed by atoms with van der Waals surface area (Å²) in [6.07, 6.45) is 3.05. The van der Waals surface area contributed by atoms with Crippen molar-refractivity contribution in [1.29, 1.82) is 0 Å². The van der Waals surface area contributed by atoms with Gasteiger partial charge < -0.3 is 14.8 Å². The molecule has 1 amide bonds. The summed E-state index contributed by atoms with van der Waals surface area (Å²) >= 11 is 0. The van der Waals surface area contributed by atoms with Gasteiger partial charge in [0.1, 0.15) is 12.7 Å². The number of carbonyl (C=O) groups excluding carboxylic acids is 1. The third-order valence-corrected chi connectivity index (χ3v) is 3.28. The van der Waals surface area contributed by atoms with Crippen molar-refractivity contribution in [3.8, 4) is 11.5 Å². The molecule has 0 saturated carbocycles. The van der Waals surface area contributed by atoms with E-state index in [1.807, 2.05) is 25.1 Å². The molecule has 2 heterocycles. The maximum absolute atomic E-state index is 12.0. The van der Waals surface area contributed by atoms with Gasteiger partial charge in [0.15, 0.2) is 11.5 Å². The van der Waals surface area contributed by atoms with E-state index in [9.17, 15) is 4.79 Å². The van der Waals surface area contributed by atoms with Crippen LogP contribution in [0.15, 0.2) is 30.9 Å². The number of aromatic nitrogens is 3. The average molecular weight is 288 g/mol. The number of nitrogens with one attached hydrogen (secondary N) is 1. The van der Waals surface area contributed by atoms with Crippen LogP contribution in [0.4, 0.5) is 0 Å². The lowest BCUT2D eigenvalue weighted by molar-refractivity contribution is -0.125. The summed E-state index contributed by atoms with van der Waals surface area (Å²) in [7, 11) is 0. The molecule has 7 heteroatoms. The maximum Gasteiger partial charge on any atom is 0.231 e. The Morgan fingerprint density at radius 1 is 1.43 bits per heavy atom. The summed E-state index contributed by atoms with van der Waals surface area (Å²) < 4.78 is 12.2. The minimum absolute atomic E-state index is 0.0248. The number of fused-ring (bicyclic) bond motifs is 1. The summed E-state index contributed by atoms with van der Waals surface area (Å²) in [6.45, 7) is 3.07. The van der Waals surface area contributed by atoms with Crippen LogP contribution in [-0.2, 0) is 17.9 Å². The van der Waals surface area contributed by atoms with E-state index in [1.54, 1.807) is 11.0 Å². The normalized spacial score (nSPS) is 14.0. The molecule has 0 spiro atoms. The van der Waals surface area contributed by atoms with Crippen LogP contribution < -0.4 is 14.8 Å². The lowest BCUT2D eigenvalue weighted by Gasteiger charge is -2.12. The van der Waals surface area contributed by atoms with E-state index in [0.717, 1.165) is 17.1 Å². The van der Waals surface area contributed by atoms with Gasteiger partial charge in [0.05, 0.1) is 12.5 Å². The van der Waals surface area contributed by atoms with Crippen LogP contribution in [0.25, 0.3) is 0 Å². The zero-order valence-corrected chi connectivity index (χ0v) is 11.7. The number of carbonyl (C=O) groups is 1. The summed E-state index contributed by atoms with van der Waals surface area (Å²) in [5, 5.41) is 6.90. The number of nitrogens with zero attached hydrogens (tertiary/aromatic N) is 3. The van der Waals surface area contributed by atoms with Crippen LogP contribution in [0.5, 0.6) is 11.5 Å². The van der Waals surface area contributed by atoms with E-state index in [2.05, 4.69) is 15.4 Å². The predicted octanol–water partition coefficient (Wildman–Crippen LogP) is 0.959. The van der Waals surface area contributed by atoms with E-state index in [4.69, 9.17) is 9.47 Å². The molecule has 1 aliphatic rings. The molecular weight excluding hydrogens is 272 g/mol. The first-order valence-electron chi connectivity index (χ1n) is 6.71. The summed E-state index contributed by atoms with van der Waals surface area (Å²) in [4.78, 5) is 15.9. The second-order valence-electron chi connectivity index (χ2n) is 4.92. The van der Waals surface area contributed by atoms with Crippen molar-refractivity contribution < 1.29 is 14.3 Å². The fourth-order valence-electron chi connectivity index (χ4n) is 2.10. The minimum Gasteiger partial charge on any atom is -0.454 e. The molecule has 2 aromatic rings.